The zero-order chi connectivity index (χ0) is 32.1. The van der Waals surface area contributed by atoms with E-state index in [1.165, 1.54) is 6.26 Å². The molecule has 0 spiro atoms. The Hall–Kier alpha value is -5.72. The summed E-state index contributed by atoms with van der Waals surface area (Å²) < 4.78 is 24.5. The van der Waals surface area contributed by atoms with Crippen LogP contribution in [-0.2, 0) is 9.84 Å². The van der Waals surface area contributed by atoms with Crippen LogP contribution in [0.15, 0.2) is 157 Å². The predicted octanol–water partition coefficient (Wildman–Crippen LogP) is 10.5. The number of benzene rings is 6. The third-order valence-electron chi connectivity index (χ3n) is 8.79. The van der Waals surface area contributed by atoms with E-state index in [0.29, 0.717) is 0 Å². The van der Waals surface area contributed by atoms with E-state index in [1.807, 2.05) is 24.3 Å². The minimum absolute atomic E-state index is 0.284. The summed E-state index contributed by atoms with van der Waals surface area (Å²) in [4.78, 5) is 10.3. The van der Waals surface area contributed by atoms with Crippen molar-refractivity contribution in [1.82, 2.24) is 4.98 Å². The van der Waals surface area contributed by atoms with Crippen LogP contribution in [0.3, 0.4) is 0 Å². The monoisotopic (exact) mass is 629 g/mol. The van der Waals surface area contributed by atoms with Gasteiger partial charge in [-0.1, -0.05) is 91.0 Å². The summed E-state index contributed by atoms with van der Waals surface area (Å²) in [7, 11) is -3.33. The highest BCUT2D eigenvalue weighted by atomic mass is 32.2. The summed E-state index contributed by atoms with van der Waals surface area (Å²) in [6.45, 7) is 2.13. The zero-order valence-electron chi connectivity index (χ0n) is 26.0. The van der Waals surface area contributed by atoms with Crippen molar-refractivity contribution in [1.29, 1.82) is 0 Å². The van der Waals surface area contributed by atoms with Gasteiger partial charge in [-0.2, -0.15) is 0 Å². The number of aryl methyl sites for hydroxylation is 1. The summed E-state index contributed by atoms with van der Waals surface area (Å²) in [6.07, 6.45) is 1.23. The van der Waals surface area contributed by atoms with Gasteiger partial charge in [-0.15, -0.1) is 0 Å². The molecule has 1 aromatic heterocycles. The quantitative estimate of drug-likeness (QED) is 0.190. The van der Waals surface area contributed by atoms with Crippen molar-refractivity contribution < 1.29 is 8.42 Å². The van der Waals surface area contributed by atoms with Gasteiger partial charge >= 0.3 is 0 Å². The molecule has 0 aliphatic carbocycles. The first-order chi connectivity index (χ1) is 22.9. The number of para-hydroxylation sites is 5. The molecule has 228 valence electrons. The molecule has 1 aliphatic rings. The van der Waals surface area contributed by atoms with E-state index in [9.17, 15) is 8.42 Å². The van der Waals surface area contributed by atoms with Gasteiger partial charge in [0.05, 0.1) is 44.5 Å². The fourth-order valence-corrected chi connectivity index (χ4v) is 7.23. The third-order valence-corrected chi connectivity index (χ3v) is 9.92. The van der Waals surface area contributed by atoms with Crippen LogP contribution >= 0.6 is 0 Å². The number of fused-ring (bicyclic) bond motifs is 3. The van der Waals surface area contributed by atoms with E-state index >= 15 is 0 Å². The van der Waals surface area contributed by atoms with Crippen molar-refractivity contribution in [2.75, 3.05) is 16.1 Å². The van der Waals surface area contributed by atoms with E-state index in [0.717, 1.165) is 73.0 Å². The highest BCUT2D eigenvalue weighted by Crippen LogP contribution is 2.55. The minimum atomic E-state index is -3.33. The fraction of sp³-hybridized carbons (Fsp3) is 0.0488. The standard InChI is InChI=1S/C41H31N3O2S/c1-28-21-26-39(44-37-19-11-9-17-35(37)43(31-15-7-4-8-16-31)36-18-10-12-20-38(36)44)41-40(28)33(29-13-5-3-6-14-29)27-34(42-41)30-22-24-32(25-23-30)47(2,45)46/h3-27H,1-2H3. The Kier molecular flexibility index (Phi) is 6.89. The van der Waals surface area contributed by atoms with E-state index in [4.69, 9.17) is 4.98 Å². The summed E-state index contributed by atoms with van der Waals surface area (Å²) in [5.41, 5.74) is 12.1. The molecule has 6 aromatic carbocycles. The van der Waals surface area contributed by atoms with Crippen LogP contribution in [-0.4, -0.2) is 19.7 Å². The van der Waals surface area contributed by atoms with Gasteiger partial charge in [0.15, 0.2) is 9.84 Å². The lowest BCUT2D eigenvalue weighted by molar-refractivity contribution is 0.602. The van der Waals surface area contributed by atoms with Gasteiger partial charge < -0.3 is 9.80 Å². The van der Waals surface area contributed by atoms with Crippen LogP contribution < -0.4 is 9.80 Å². The smallest absolute Gasteiger partial charge is 0.175 e. The van der Waals surface area contributed by atoms with Crippen molar-refractivity contribution in [3.05, 3.63) is 157 Å². The lowest BCUT2D eigenvalue weighted by Gasteiger charge is -2.40. The molecule has 0 bridgehead atoms. The summed E-state index contributed by atoms with van der Waals surface area (Å²) >= 11 is 0. The molecule has 0 atom stereocenters. The highest BCUT2D eigenvalue weighted by molar-refractivity contribution is 7.90. The average molecular weight is 630 g/mol. The van der Waals surface area contributed by atoms with Gasteiger partial charge in [0, 0.05) is 22.9 Å². The lowest BCUT2D eigenvalue weighted by atomic mass is 9.94. The van der Waals surface area contributed by atoms with Gasteiger partial charge in [0.2, 0.25) is 0 Å². The first-order valence-corrected chi connectivity index (χ1v) is 17.4. The molecule has 0 N–H and O–H groups in total. The summed E-state index contributed by atoms with van der Waals surface area (Å²) in [6, 6.07) is 51.3. The maximum atomic E-state index is 12.2. The Bertz CT molecular complexity index is 2340. The maximum absolute atomic E-state index is 12.2. The second kappa shape index (κ2) is 11.3. The molecule has 0 fully saturated rings. The Morgan fingerprint density at radius 2 is 1.06 bits per heavy atom. The largest absolute Gasteiger partial charge is 0.306 e. The third kappa shape index (κ3) is 4.94. The van der Waals surface area contributed by atoms with E-state index in [2.05, 4.69) is 132 Å². The van der Waals surface area contributed by atoms with Gasteiger partial charge in [-0.25, -0.2) is 13.4 Å². The number of anilines is 6. The minimum Gasteiger partial charge on any atom is -0.306 e. The molecule has 0 saturated heterocycles. The topological polar surface area (TPSA) is 53.5 Å². The Morgan fingerprint density at radius 1 is 0.532 bits per heavy atom. The summed E-state index contributed by atoms with van der Waals surface area (Å²) in [5, 5.41) is 1.07. The van der Waals surface area contributed by atoms with Crippen molar-refractivity contribution in [2.24, 2.45) is 0 Å². The van der Waals surface area contributed by atoms with E-state index < -0.39 is 9.84 Å². The van der Waals surface area contributed by atoms with Crippen LogP contribution in [0.25, 0.3) is 33.3 Å². The zero-order valence-corrected chi connectivity index (χ0v) is 26.8. The molecular weight excluding hydrogens is 599 g/mol. The number of nitrogens with zero attached hydrogens (tertiary/aromatic N) is 3. The van der Waals surface area contributed by atoms with Crippen LogP contribution in [0.5, 0.6) is 0 Å². The second-order valence-electron chi connectivity index (χ2n) is 11.8. The van der Waals surface area contributed by atoms with E-state index in [-0.39, 0.29) is 4.90 Å². The van der Waals surface area contributed by atoms with Crippen LogP contribution in [0.2, 0.25) is 0 Å². The molecule has 7 aromatic rings. The molecule has 5 nitrogen and oxygen atoms in total. The van der Waals surface area contributed by atoms with Gasteiger partial charge in [-0.05, 0) is 84.3 Å². The van der Waals surface area contributed by atoms with Crippen molar-refractivity contribution in [3.8, 4) is 22.4 Å². The normalized spacial score (nSPS) is 12.6. The molecule has 6 heteroatoms. The molecule has 1 aliphatic heterocycles. The Balaban J connectivity index is 1.42. The Morgan fingerprint density at radius 3 is 1.64 bits per heavy atom. The Labute approximate surface area is 274 Å². The fourth-order valence-electron chi connectivity index (χ4n) is 6.60. The van der Waals surface area contributed by atoms with Gasteiger partial charge in [0.25, 0.3) is 0 Å². The molecule has 8 rings (SSSR count). The first kappa shape index (κ1) is 28.7. The van der Waals surface area contributed by atoms with Gasteiger partial charge in [0.1, 0.15) is 0 Å². The first-order valence-electron chi connectivity index (χ1n) is 15.5. The number of pyridine rings is 1. The number of hydrogen-bond donors (Lipinski definition) is 0. The lowest BCUT2D eigenvalue weighted by Crippen LogP contribution is -2.24. The molecule has 0 saturated carbocycles. The van der Waals surface area contributed by atoms with Crippen LogP contribution in [0.4, 0.5) is 34.1 Å². The molecule has 0 radical (unpaired) electrons. The van der Waals surface area contributed by atoms with Gasteiger partial charge in [-0.3, -0.25) is 0 Å². The van der Waals surface area contributed by atoms with Crippen molar-refractivity contribution in [3.63, 3.8) is 0 Å². The number of hydrogen-bond acceptors (Lipinski definition) is 5. The molecular formula is C41H31N3O2S. The highest BCUT2D eigenvalue weighted by Gasteiger charge is 2.31. The van der Waals surface area contributed by atoms with Crippen LogP contribution in [0.1, 0.15) is 5.56 Å². The van der Waals surface area contributed by atoms with Crippen molar-refractivity contribution >= 4 is 54.9 Å². The molecule has 47 heavy (non-hydrogen) atoms. The maximum Gasteiger partial charge on any atom is 0.175 e. The molecule has 0 unspecified atom stereocenters. The summed E-state index contributed by atoms with van der Waals surface area (Å²) in [5.74, 6) is 0. The SMILES string of the molecule is Cc1ccc(N2c3ccccc3N(c3ccccc3)c3ccccc32)c2nc(-c3ccc(S(C)(=O)=O)cc3)cc(-c3ccccc3)c12. The average Bonchev–Trinajstić information content (AvgIpc) is 3.11. The van der Waals surface area contributed by atoms with E-state index in [1.54, 1.807) is 12.1 Å². The molecule has 2 heterocycles. The number of aromatic nitrogens is 1. The number of rotatable bonds is 5. The van der Waals surface area contributed by atoms with Crippen molar-refractivity contribution in [2.45, 2.75) is 11.8 Å². The predicted molar refractivity (Wildman–Crippen MR) is 193 cm³/mol. The number of sulfone groups is 1. The second-order valence-corrected chi connectivity index (χ2v) is 13.8. The molecule has 0 amide bonds. The van der Waals surface area contributed by atoms with Crippen LogP contribution in [0, 0.1) is 6.92 Å².